The summed E-state index contributed by atoms with van der Waals surface area (Å²) in [6.45, 7) is -0.210. The molecule has 0 unspecified atom stereocenters. The fourth-order valence-electron chi connectivity index (χ4n) is 6.91. The van der Waals surface area contributed by atoms with Gasteiger partial charge in [0.15, 0.2) is 5.78 Å². The average Bonchev–Trinajstić information content (AvgIpc) is 3.17. The predicted octanol–water partition coefficient (Wildman–Crippen LogP) is 2.51. The standard InChI is InChI=1S/C20H26N2O4/c23-16(20-8-12-5-13(9-20)7-14(6-12)10-20)11-21-17(24)18(25)22(19(21)26)15-3-1-2-4-15/h12-15H,1-11H2. The number of hydrogen-bond acceptors (Lipinski definition) is 4. The Kier molecular flexibility index (Phi) is 3.57. The minimum absolute atomic E-state index is 0.0133. The lowest BCUT2D eigenvalue weighted by Crippen LogP contribution is -2.53. The third-order valence-corrected chi connectivity index (χ3v) is 7.71. The maximum Gasteiger partial charge on any atom is 0.334 e. The summed E-state index contributed by atoms with van der Waals surface area (Å²) in [7, 11) is 0. The largest absolute Gasteiger partial charge is 0.334 e. The number of Topliss-reactive ketones (excluding diaryl/α,β-unsaturated/α-hetero) is 1. The van der Waals surface area contributed by atoms with E-state index in [2.05, 4.69) is 0 Å². The molecular weight excluding hydrogens is 332 g/mol. The second-order valence-corrected chi connectivity index (χ2v) is 9.41. The molecule has 0 aromatic rings. The number of carbonyl (C=O) groups is 4. The summed E-state index contributed by atoms with van der Waals surface area (Å²) in [6.07, 6.45) is 9.93. The Hall–Kier alpha value is -1.72. The van der Waals surface area contributed by atoms with Crippen LogP contribution in [0, 0.1) is 23.2 Å². The van der Waals surface area contributed by atoms with Crippen molar-refractivity contribution in [2.45, 2.75) is 70.3 Å². The van der Waals surface area contributed by atoms with Crippen LogP contribution in [0.5, 0.6) is 0 Å². The van der Waals surface area contributed by atoms with Crippen molar-refractivity contribution in [3.05, 3.63) is 0 Å². The van der Waals surface area contributed by atoms with Crippen molar-refractivity contribution in [3.63, 3.8) is 0 Å². The normalized spacial score (nSPS) is 39.5. The first-order chi connectivity index (χ1) is 12.5. The van der Waals surface area contributed by atoms with Crippen LogP contribution >= 0.6 is 0 Å². The molecule has 5 aliphatic carbocycles. The van der Waals surface area contributed by atoms with Crippen LogP contribution in [-0.2, 0) is 14.4 Å². The van der Waals surface area contributed by atoms with E-state index in [-0.39, 0.29) is 23.8 Å². The summed E-state index contributed by atoms with van der Waals surface area (Å²) in [5.74, 6) is 0.366. The fraction of sp³-hybridized carbons (Fsp3) is 0.800. The molecule has 6 fully saturated rings. The molecule has 1 heterocycles. The molecule has 140 valence electrons. The molecule has 0 N–H and O–H groups in total. The first-order valence-corrected chi connectivity index (χ1v) is 10.2. The molecule has 4 bridgehead atoms. The summed E-state index contributed by atoms with van der Waals surface area (Å²) in [5.41, 5.74) is -0.348. The number of nitrogens with zero attached hydrogens (tertiary/aromatic N) is 2. The SMILES string of the molecule is O=C1C(=O)N(C2CCCC2)C(=O)N1CC(=O)C12CC3CC(CC(C3)C1)C2. The van der Waals surface area contributed by atoms with Crippen molar-refractivity contribution in [2.75, 3.05) is 6.54 Å². The molecule has 1 aliphatic heterocycles. The summed E-state index contributed by atoms with van der Waals surface area (Å²) >= 11 is 0. The van der Waals surface area contributed by atoms with E-state index < -0.39 is 17.8 Å². The van der Waals surface area contributed by atoms with Gasteiger partial charge >= 0.3 is 17.8 Å². The summed E-state index contributed by atoms with van der Waals surface area (Å²) in [5, 5.41) is 0. The van der Waals surface area contributed by atoms with E-state index in [0.29, 0.717) is 17.8 Å². The van der Waals surface area contributed by atoms with Crippen LogP contribution in [-0.4, -0.2) is 46.0 Å². The lowest BCUT2D eigenvalue weighted by Gasteiger charge is -2.56. The van der Waals surface area contributed by atoms with Gasteiger partial charge in [-0.25, -0.2) is 9.69 Å². The van der Waals surface area contributed by atoms with Gasteiger partial charge in [-0.2, -0.15) is 0 Å². The minimum Gasteiger partial charge on any atom is -0.297 e. The van der Waals surface area contributed by atoms with Crippen LogP contribution in [0.25, 0.3) is 0 Å². The van der Waals surface area contributed by atoms with E-state index >= 15 is 0 Å². The Morgan fingerprint density at radius 3 is 1.96 bits per heavy atom. The van der Waals surface area contributed by atoms with Gasteiger partial charge in [0, 0.05) is 11.5 Å². The van der Waals surface area contributed by atoms with Crippen LogP contribution in [0.1, 0.15) is 64.2 Å². The van der Waals surface area contributed by atoms with Crippen LogP contribution in [0.15, 0.2) is 0 Å². The fourth-order valence-corrected chi connectivity index (χ4v) is 6.91. The van der Waals surface area contributed by atoms with Crippen molar-refractivity contribution in [3.8, 4) is 0 Å². The summed E-state index contributed by atoms with van der Waals surface area (Å²) in [4.78, 5) is 52.7. The zero-order valence-electron chi connectivity index (χ0n) is 15.1. The van der Waals surface area contributed by atoms with Crippen LogP contribution in [0.2, 0.25) is 0 Å². The van der Waals surface area contributed by atoms with Gasteiger partial charge in [0.1, 0.15) is 0 Å². The summed E-state index contributed by atoms with van der Waals surface area (Å²) < 4.78 is 0. The van der Waals surface area contributed by atoms with Gasteiger partial charge in [-0.1, -0.05) is 12.8 Å². The maximum absolute atomic E-state index is 13.2. The average molecular weight is 358 g/mol. The molecule has 26 heavy (non-hydrogen) atoms. The van der Waals surface area contributed by atoms with Gasteiger partial charge in [-0.3, -0.25) is 19.3 Å². The monoisotopic (exact) mass is 358 g/mol. The number of hydrogen-bond donors (Lipinski definition) is 0. The highest BCUT2D eigenvalue weighted by Crippen LogP contribution is 2.60. The molecule has 6 heteroatoms. The van der Waals surface area contributed by atoms with Crippen molar-refractivity contribution in [1.29, 1.82) is 0 Å². The van der Waals surface area contributed by atoms with Gasteiger partial charge in [0.05, 0.1) is 6.54 Å². The number of amides is 4. The smallest absolute Gasteiger partial charge is 0.297 e. The van der Waals surface area contributed by atoms with E-state index in [1.165, 1.54) is 19.3 Å². The Morgan fingerprint density at radius 2 is 1.42 bits per heavy atom. The number of carbonyl (C=O) groups excluding carboxylic acids is 4. The second kappa shape index (κ2) is 5.64. The highest BCUT2D eigenvalue weighted by atomic mass is 16.2. The molecule has 4 amide bonds. The molecule has 0 radical (unpaired) electrons. The molecular formula is C20H26N2O4. The van der Waals surface area contributed by atoms with Crippen molar-refractivity contribution < 1.29 is 19.2 Å². The van der Waals surface area contributed by atoms with Crippen LogP contribution in [0.4, 0.5) is 4.79 Å². The zero-order chi connectivity index (χ0) is 18.1. The molecule has 0 spiro atoms. The molecule has 6 nitrogen and oxygen atoms in total. The first kappa shape index (κ1) is 16.5. The van der Waals surface area contributed by atoms with E-state index in [1.807, 2.05) is 0 Å². The van der Waals surface area contributed by atoms with E-state index in [9.17, 15) is 19.2 Å². The molecule has 0 aromatic heterocycles. The lowest BCUT2D eigenvalue weighted by molar-refractivity contribution is -0.149. The third kappa shape index (κ3) is 2.30. The van der Waals surface area contributed by atoms with Gasteiger partial charge in [0.25, 0.3) is 0 Å². The molecule has 6 aliphatic rings. The van der Waals surface area contributed by atoms with Crippen molar-refractivity contribution in [2.24, 2.45) is 23.2 Å². The molecule has 0 atom stereocenters. The van der Waals surface area contributed by atoms with Crippen molar-refractivity contribution in [1.82, 2.24) is 9.80 Å². The van der Waals surface area contributed by atoms with E-state index in [0.717, 1.165) is 54.7 Å². The molecule has 5 saturated carbocycles. The third-order valence-electron chi connectivity index (χ3n) is 7.71. The lowest BCUT2D eigenvalue weighted by atomic mass is 9.48. The van der Waals surface area contributed by atoms with Crippen LogP contribution in [0.3, 0.4) is 0 Å². The first-order valence-electron chi connectivity index (χ1n) is 10.2. The predicted molar refractivity (Wildman–Crippen MR) is 91.8 cm³/mol. The summed E-state index contributed by atoms with van der Waals surface area (Å²) in [6, 6.07) is -0.733. The molecule has 0 aromatic carbocycles. The van der Waals surface area contributed by atoms with E-state index in [1.54, 1.807) is 0 Å². The highest BCUT2D eigenvalue weighted by molar-refractivity contribution is 6.45. The maximum atomic E-state index is 13.2. The number of ketones is 1. The highest BCUT2D eigenvalue weighted by Gasteiger charge is 2.56. The Bertz CT molecular complexity index is 659. The van der Waals surface area contributed by atoms with E-state index in [4.69, 9.17) is 0 Å². The Labute approximate surface area is 153 Å². The number of urea groups is 1. The number of imide groups is 2. The quantitative estimate of drug-likeness (QED) is 0.572. The van der Waals surface area contributed by atoms with Gasteiger partial charge in [0.2, 0.25) is 0 Å². The Balaban J connectivity index is 1.34. The molecule has 6 rings (SSSR count). The van der Waals surface area contributed by atoms with Crippen molar-refractivity contribution >= 4 is 23.6 Å². The van der Waals surface area contributed by atoms with Gasteiger partial charge < -0.3 is 0 Å². The van der Waals surface area contributed by atoms with Gasteiger partial charge in [-0.15, -0.1) is 0 Å². The zero-order valence-corrected chi connectivity index (χ0v) is 15.1. The van der Waals surface area contributed by atoms with Crippen LogP contribution < -0.4 is 0 Å². The van der Waals surface area contributed by atoms with Gasteiger partial charge in [-0.05, 0) is 69.1 Å². The molecule has 1 saturated heterocycles. The Morgan fingerprint density at radius 1 is 0.885 bits per heavy atom. The topological polar surface area (TPSA) is 74.8 Å². The second-order valence-electron chi connectivity index (χ2n) is 9.41. The minimum atomic E-state index is -0.806. The number of rotatable bonds is 4.